The smallest absolute Gasteiger partial charge is 0.300 e. The maximum absolute atomic E-state index is 13.5. The molecule has 6 nitrogen and oxygen atoms in total. The molecule has 1 amide bonds. The van der Waals surface area contributed by atoms with Crippen molar-refractivity contribution in [3.63, 3.8) is 0 Å². The van der Waals surface area contributed by atoms with Gasteiger partial charge in [0.1, 0.15) is 11.5 Å². The zero-order valence-electron chi connectivity index (χ0n) is 21.6. The summed E-state index contributed by atoms with van der Waals surface area (Å²) in [7, 11) is 0. The van der Waals surface area contributed by atoms with Crippen LogP contribution < -0.4 is 15.0 Å². The van der Waals surface area contributed by atoms with Crippen LogP contribution in [0.5, 0.6) is 5.75 Å². The van der Waals surface area contributed by atoms with E-state index in [2.05, 4.69) is 5.32 Å². The van der Waals surface area contributed by atoms with Crippen LogP contribution in [0.2, 0.25) is 0 Å². The van der Waals surface area contributed by atoms with Gasteiger partial charge in [-0.3, -0.25) is 14.5 Å². The molecule has 6 heteroatoms. The first-order chi connectivity index (χ1) is 19.0. The highest BCUT2D eigenvalue weighted by Gasteiger charge is 2.47. The van der Waals surface area contributed by atoms with E-state index in [1.54, 1.807) is 6.07 Å². The van der Waals surface area contributed by atoms with E-state index < -0.39 is 17.7 Å². The number of benzene rings is 4. The maximum atomic E-state index is 13.5. The Balaban J connectivity index is 1.43. The van der Waals surface area contributed by atoms with Crippen LogP contribution in [0.25, 0.3) is 5.76 Å². The second-order valence-corrected chi connectivity index (χ2v) is 9.90. The molecule has 0 bridgehead atoms. The maximum Gasteiger partial charge on any atom is 0.300 e. The van der Waals surface area contributed by atoms with Gasteiger partial charge in [0, 0.05) is 22.6 Å². The normalized spacial score (nSPS) is 18.0. The Hall–Kier alpha value is -4.84. The molecule has 2 aliphatic rings. The van der Waals surface area contributed by atoms with Crippen LogP contribution in [0.3, 0.4) is 0 Å². The van der Waals surface area contributed by atoms with Crippen LogP contribution in [0.15, 0.2) is 103 Å². The quantitative estimate of drug-likeness (QED) is 0.176. The van der Waals surface area contributed by atoms with E-state index >= 15 is 0 Å². The van der Waals surface area contributed by atoms with Gasteiger partial charge in [-0.2, -0.15) is 0 Å². The number of carbonyl (C=O) groups is 2. The SMILES string of the molecule is Cc1cccc(C2/C(=C(/O)c3ccc4c(c3)CCCO4)C(=O)C(=O)N2c2ccc(Nc3ccccc3)cc2)c1. The molecule has 39 heavy (non-hydrogen) atoms. The minimum absolute atomic E-state index is 0.0776. The zero-order chi connectivity index (χ0) is 26.9. The number of anilines is 3. The molecule has 0 spiro atoms. The van der Waals surface area contributed by atoms with Crippen molar-refractivity contribution in [2.45, 2.75) is 25.8 Å². The highest BCUT2D eigenvalue weighted by Crippen LogP contribution is 2.43. The number of ketones is 1. The molecular weight excluding hydrogens is 488 g/mol. The zero-order valence-corrected chi connectivity index (χ0v) is 21.6. The second-order valence-electron chi connectivity index (χ2n) is 9.90. The number of fused-ring (bicyclic) bond motifs is 1. The molecule has 0 aromatic heterocycles. The van der Waals surface area contributed by atoms with Crippen molar-refractivity contribution in [1.29, 1.82) is 0 Å². The summed E-state index contributed by atoms with van der Waals surface area (Å²) in [6, 6.07) is 29.5. The number of amides is 1. The number of aliphatic hydroxyl groups is 1. The van der Waals surface area contributed by atoms with Crippen molar-refractivity contribution in [3.05, 3.63) is 125 Å². The first-order valence-corrected chi connectivity index (χ1v) is 13.1. The number of aliphatic hydroxyl groups excluding tert-OH is 1. The van der Waals surface area contributed by atoms with Crippen molar-refractivity contribution in [3.8, 4) is 5.75 Å². The van der Waals surface area contributed by atoms with E-state index in [1.165, 1.54) is 4.90 Å². The fourth-order valence-electron chi connectivity index (χ4n) is 5.31. The molecule has 1 fully saturated rings. The minimum atomic E-state index is -0.773. The van der Waals surface area contributed by atoms with Crippen molar-refractivity contribution in [2.24, 2.45) is 0 Å². The number of hydrogen-bond donors (Lipinski definition) is 2. The summed E-state index contributed by atoms with van der Waals surface area (Å²) in [5.41, 5.74) is 5.67. The molecule has 1 saturated heterocycles. The number of nitrogens with zero attached hydrogens (tertiary/aromatic N) is 1. The van der Waals surface area contributed by atoms with Gasteiger partial charge in [-0.05, 0) is 85.5 Å². The molecule has 2 heterocycles. The van der Waals surface area contributed by atoms with Crippen molar-refractivity contribution in [2.75, 3.05) is 16.8 Å². The predicted molar refractivity (Wildman–Crippen MR) is 152 cm³/mol. The summed E-state index contributed by atoms with van der Waals surface area (Å²) in [4.78, 5) is 28.5. The van der Waals surface area contributed by atoms with Gasteiger partial charge in [-0.25, -0.2) is 0 Å². The van der Waals surface area contributed by atoms with Gasteiger partial charge in [0.25, 0.3) is 11.7 Å². The van der Waals surface area contributed by atoms with Crippen LogP contribution in [0.1, 0.15) is 34.7 Å². The third-order valence-electron chi connectivity index (χ3n) is 7.19. The lowest BCUT2D eigenvalue weighted by molar-refractivity contribution is -0.132. The first-order valence-electron chi connectivity index (χ1n) is 13.1. The van der Waals surface area contributed by atoms with Gasteiger partial charge < -0.3 is 15.2 Å². The summed E-state index contributed by atoms with van der Waals surface area (Å²) in [6.45, 7) is 2.62. The Bertz CT molecular complexity index is 1590. The van der Waals surface area contributed by atoms with Crippen LogP contribution in [-0.4, -0.2) is 23.4 Å². The van der Waals surface area contributed by atoms with Crippen LogP contribution in [0, 0.1) is 6.92 Å². The van der Waals surface area contributed by atoms with Crippen LogP contribution in [-0.2, 0) is 16.0 Å². The number of ether oxygens (including phenoxy) is 1. The Labute approximate surface area is 227 Å². The Morgan fingerprint density at radius 1 is 0.897 bits per heavy atom. The van der Waals surface area contributed by atoms with E-state index in [-0.39, 0.29) is 11.3 Å². The van der Waals surface area contributed by atoms with E-state index in [4.69, 9.17) is 4.74 Å². The van der Waals surface area contributed by atoms with Gasteiger partial charge in [0.05, 0.1) is 18.2 Å². The van der Waals surface area contributed by atoms with Crippen LogP contribution >= 0.6 is 0 Å². The summed E-state index contributed by atoms with van der Waals surface area (Å²) < 4.78 is 5.72. The third-order valence-corrected chi connectivity index (χ3v) is 7.19. The summed E-state index contributed by atoms with van der Waals surface area (Å²) in [5, 5.41) is 14.8. The molecule has 4 aromatic rings. The van der Waals surface area contributed by atoms with Gasteiger partial charge >= 0.3 is 0 Å². The number of rotatable bonds is 5. The Morgan fingerprint density at radius 3 is 2.44 bits per heavy atom. The van der Waals surface area contributed by atoms with Gasteiger partial charge in [0.15, 0.2) is 0 Å². The number of aryl methyl sites for hydroxylation is 2. The van der Waals surface area contributed by atoms with Gasteiger partial charge in [-0.15, -0.1) is 0 Å². The van der Waals surface area contributed by atoms with E-state index in [0.717, 1.165) is 46.7 Å². The Morgan fingerprint density at radius 2 is 1.67 bits per heavy atom. The number of nitrogens with one attached hydrogen (secondary N) is 1. The van der Waals surface area contributed by atoms with E-state index in [1.807, 2.05) is 97.9 Å². The number of Topliss-reactive ketones (excluding diaryl/α,β-unsaturated/α-hetero) is 1. The minimum Gasteiger partial charge on any atom is -0.507 e. The predicted octanol–water partition coefficient (Wildman–Crippen LogP) is 6.69. The van der Waals surface area contributed by atoms with Crippen molar-refractivity contribution >= 4 is 34.5 Å². The molecule has 2 N–H and O–H groups in total. The summed E-state index contributed by atoms with van der Waals surface area (Å²) in [5.74, 6) is -0.775. The molecule has 194 valence electrons. The fourth-order valence-corrected chi connectivity index (χ4v) is 5.31. The molecule has 1 atom stereocenters. The highest BCUT2D eigenvalue weighted by atomic mass is 16.5. The standard InChI is InChI=1S/C33H28N2O4/c1-21-7-5-8-23(19-21)30-29(31(36)24-12-17-28-22(20-24)9-6-18-39-28)32(37)33(38)35(30)27-15-13-26(14-16-27)34-25-10-3-2-4-11-25/h2-5,7-8,10-17,19-20,30,34,36H,6,9,18H2,1H3/b31-29-. The van der Waals surface area contributed by atoms with Crippen LogP contribution in [0.4, 0.5) is 17.1 Å². The van der Waals surface area contributed by atoms with E-state index in [0.29, 0.717) is 17.9 Å². The summed E-state index contributed by atoms with van der Waals surface area (Å²) in [6.07, 6.45) is 1.72. The fraction of sp³-hybridized carbons (Fsp3) is 0.152. The lowest BCUT2D eigenvalue weighted by Crippen LogP contribution is -2.29. The molecule has 6 rings (SSSR count). The summed E-state index contributed by atoms with van der Waals surface area (Å²) >= 11 is 0. The lowest BCUT2D eigenvalue weighted by Gasteiger charge is -2.26. The Kier molecular flexibility index (Phi) is 6.37. The number of para-hydroxylation sites is 1. The topological polar surface area (TPSA) is 78.9 Å². The molecule has 0 saturated carbocycles. The molecule has 0 aliphatic carbocycles. The monoisotopic (exact) mass is 516 g/mol. The first kappa shape index (κ1) is 24.5. The van der Waals surface area contributed by atoms with Crippen molar-refractivity contribution < 1.29 is 19.4 Å². The molecule has 1 unspecified atom stereocenters. The molecule has 4 aromatic carbocycles. The average Bonchev–Trinajstić information content (AvgIpc) is 3.23. The largest absolute Gasteiger partial charge is 0.507 e. The number of carbonyl (C=O) groups excluding carboxylic acids is 2. The van der Waals surface area contributed by atoms with Gasteiger partial charge in [0.2, 0.25) is 0 Å². The van der Waals surface area contributed by atoms with Crippen molar-refractivity contribution in [1.82, 2.24) is 0 Å². The lowest BCUT2D eigenvalue weighted by atomic mass is 9.93. The third kappa shape index (κ3) is 4.66. The number of hydrogen-bond acceptors (Lipinski definition) is 5. The molecule has 0 radical (unpaired) electrons. The second kappa shape index (κ2) is 10.1. The van der Waals surface area contributed by atoms with Gasteiger partial charge in [-0.1, -0.05) is 48.0 Å². The highest BCUT2D eigenvalue weighted by molar-refractivity contribution is 6.51. The average molecular weight is 517 g/mol. The molecular formula is C33H28N2O4. The molecule has 2 aliphatic heterocycles. The van der Waals surface area contributed by atoms with E-state index in [9.17, 15) is 14.7 Å².